The Kier molecular flexibility index (Phi) is 2.93. The molecular weight excluding hydrogens is 248 g/mol. The van der Waals surface area contributed by atoms with Gasteiger partial charge in [-0.3, -0.25) is 5.10 Å². The number of aryl methyl sites for hydroxylation is 3. The highest BCUT2D eigenvalue weighted by atomic mass is 32.1. The third kappa shape index (κ3) is 2.33. The maximum atomic E-state index is 5.22. The van der Waals surface area contributed by atoms with Crippen LogP contribution in [0.3, 0.4) is 0 Å². The van der Waals surface area contributed by atoms with Crippen molar-refractivity contribution in [2.45, 2.75) is 19.8 Å². The summed E-state index contributed by atoms with van der Waals surface area (Å²) >= 11 is 1.62. The number of hydrogen-bond acceptors (Lipinski definition) is 5. The fourth-order valence-electron chi connectivity index (χ4n) is 1.70. The van der Waals surface area contributed by atoms with Crippen LogP contribution in [0.4, 0.5) is 0 Å². The zero-order valence-corrected chi connectivity index (χ0v) is 10.7. The van der Waals surface area contributed by atoms with Gasteiger partial charge in [0.25, 0.3) is 0 Å². The third-order valence-electron chi connectivity index (χ3n) is 2.60. The van der Waals surface area contributed by atoms with Crippen molar-refractivity contribution < 1.29 is 4.52 Å². The Bertz CT molecular complexity index is 626. The van der Waals surface area contributed by atoms with E-state index in [9.17, 15) is 0 Å². The summed E-state index contributed by atoms with van der Waals surface area (Å²) in [5.74, 6) is 1.31. The Morgan fingerprint density at radius 3 is 3.06 bits per heavy atom. The Labute approximate surface area is 108 Å². The Morgan fingerprint density at radius 1 is 1.39 bits per heavy atom. The molecule has 3 rings (SSSR count). The molecule has 0 aromatic carbocycles. The van der Waals surface area contributed by atoms with E-state index in [0.717, 1.165) is 23.4 Å². The van der Waals surface area contributed by atoms with Gasteiger partial charge < -0.3 is 4.52 Å². The van der Waals surface area contributed by atoms with Crippen LogP contribution in [0.5, 0.6) is 0 Å². The first-order valence-electron chi connectivity index (χ1n) is 5.67. The van der Waals surface area contributed by atoms with E-state index in [1.54, 1.807) is 11.3 Å². The predicted octanol–water partition coefficient (Wildman–Crippen LogP) is 2.61. The molecule has 18 heavy (non-hydrogen) atoms. The minimum atomic E-state index is 0.650. The summed E-state index contributed by atoms with van der Waals surface area (Å²) in [6.07, 6.45) is 1.51. The summed E-state index contributed by atoms with van der Waals surface area (Å²) in [6, 6.07) is 4.01. The largest absolute Gasteiger partial charge is 0.339 e. The van der Waals surface area contributed by atoms with Crippen molar-refractivity contribution in [2.24, 2.45) is 0 Å². The van der Waals surface area contributed by atoms with E-state index in [2.05, 4.69) is 20.3 Å². The molecule has 0 saturated carbocycles. The molecule has 0 unspecified atom stereocenters. The molecule has 0 aliphatic rings. The minimum absolute atomic E-state index is 0.650. The second-order valence-corrected chi connectivity index (χ2v) is 4.85. The molecule has 0 atom stereocenters. The van der Waals surface area contributed by atoms with Crippen molar-refractivity contribution >= 4 is 11.3 Å². The fourth-order valence-corrected chi connectivity index (χ4v) is 2.34. The second kappa shape index (κ2) is 4.73. The van der Waals surface area contributed by atoms with Crippen LogP contribution in [-0.4, -0.2) is 20.3 Å². The lowest BCUT2D eigenvalue weighted by molar-refractivity contribution is 0.378. The van der Waals surface area contributed by atoms with Crippen molar-refractivity contribution in [3.05, 3.63) is 40.2 Å². The van der Waals surface area contributed by atoms with E-state index in [0.29, 0.717) is 18.1 Å². The molecule has 6 heteroatoms. The van der Waals surface area contributed by atoms with Gasteiger partial charge in [0, 0.05) is 29.5 Å². The zero-order chi connectivity index (χ0) is 12.4. The zero-order valence-electron chi connectivity index (χ0n) is 9.88. The van der Waals surface area contributed by atoms with Crippen molar-refractivity contribution in [2.75, 3.05) is 0 Å². The molecule has 92 valence electrons. The van der Waals surface area contributed by atoms with Crippen LogP contribution in [0.15, 0.2) is 27.4 Å². The molecule has 0 radical (unpaired) electrons. The van der Waals surface area contributed by atoms with E-state index in [1.807, 2.05) is 29.8 Å². The van der Waals surface area contributed by atoms with Gasteiger partial charge >= 0.3 is 0 Å². The Balaban J connectivity index is 1.67. The molecule has 5 nitrogen and oxygen atoms in total. The topological polar surface area (TPSA) is 67.6 Å². The maximum absolute atomic E-state index is 5.22. The van der Waals surface area contributed by atoms with E-state index < -0.39 is 0 Å². The maximum Gasteiger partial charge on any atom is 0.227 e. The van der Waals surface area contributed by atoms with Crippen LogP contribution >= 0.6 is 11.3 Å². The highest BCUT2D eigenvalue weighted by molar-refractivity contribution is 7.08. The number of H-pyrrole nitrogens is 1. The average Bonchev–Trinajstić information content (AvgIpc) is 3.07. The van der Waals surface area contributed by atoms with Gasteiger partial charge in [0.05, 0.1) is 5.69 Å². The highest BCUT2D eigenvalue weighted by Crippen LogP contribution is 2.19. The van der Waals surface area contributed by atoms with Crippen molar-refractivity contribution in [3.63, 3.8) is 0 Å². The molecule has 1 N–H and O–H groups in total. The monoisotopic (exact) mass is 260 g/mol. The van der Waals surface area contributed by atoms with Crippen molar-refractivity contribution in [1.82, 2.24) is 20.3 Å². The van der Waals surface area contributed by atoms with E-state index in [-0.39, 0.29) is 0 Å². The van der Waals surface area contributed by atoms with E-state index in [4.69, 9.17) is 4.52 Å². The predicted molar refractivity (Wildman–Crippen MR) is 68.3 cm³/mol. The van der Waals surface area contributed by atoms with Gasteiger partial charge in [-0.15, -0.1) is 0 Å². The number of rotatable bonds is 4. The van der Waals surface area contributed by atoms with Gasteiger partial charge in [-0.1, -0.05) is 5.16 Å². The lowest BCUT2D eigenvalue weighted by Crippen LogP contribution is -1.92. The van der Waals surface area contributed by atoms with Crippen LogP contribution in [0.1, 0.15) is 17.3 Å². The number of nitrogens with one attached hydrogen (secondary N) is 1. The van der Waals surface area contributed by atoms with Gasteiger partial charge in [-0.05, 0) is 24.4 Å². The second-order valence-electron chi connectivity index (χ2n) is 4.07. The highest BCUT2D eigenvalue weighted by Gasteiger charge is 2.09. The number of aromatic amines is 1. The molecule has 3 heterocycles. The first-order valence-corrected chi connectivity index (χ1v) is 6.61. The standard InChI is InChI=1S/C12H12N4OS/c1-8-6-10(15-14-8)2-3-11-13-12(16-17-11)9-4-5-18-7-9/h4-7H,2-3H2,1H3,(H,14,15). The molecule has 0 amide bonds. The van der Waals surface area contributed by atoms with Crippen molar-refractivity contribution in [1.29, 1.82) is 0 Å². The van der Waals surface area contributed by atoms with Gasteiger partial charge in [-0.25, -0.2) is 0 Å². The first kappa shape index (κ1) is 11.2. The van der Waals surface area contributed by atoms with E-state index in [1.165, 1.54) is 0 Å². The molecule has 0 fully saturated rings. The quantitative estimate of drug-likeness (QED) is 0.783. The lowest BCUT2D eigenvalue weighted by Gasteiger charge is -1.90. The minimum Gasteiger partial charge on any atom is -0.339 e. The average molecular weight is 260 g/mol. The summed E-state index contributed by atoms with van der Waals surface area (Å²) in [6.45, 7) is 1.98. The number of nitrogens with zero attached hydrogens (tertiary/aromatic N) is 3. The summed E-state index contributed by atoms with van der Waals surface area (Å²) in [7, 11) is 0. The van der Waals surface area contributed by atoms with Gasteiger partial charge in [0.1, 0.15) is 0 Å². The normalized spacial score (nSPS) is 10.9. The first-order chi connectivity index (χ1) is 8.81. The van der Waals surface area contributed by atoms with Gasteiger partial charge in [0.15, 0.2) is 0 Å². The number of aromatic nitrogens is 4. The fraction of sp³-hybridized carbons (Fsp3) is 0.250. The molecule has 3 aromatic rings. The summed E-state index contributed by atoms with van der Waals surface area (Å²) in [5.41, 5.74) is 3.09. The molecular formula is C12H12N4OS. The number of thiophene rings is 1. The van der Waals surface area contributed by atoms with Gasteiger partial charge in [0.2, 0.25) is 11.7 Å². The molecule has 3 aromatic heterocycles. The number of hydrogen-bond donors (Lipinski definition) is 1. The molecule has 0 bridgehead atoms. The Morgan fingerprint density at radius 2 is 2.33 bits per heavy atom. The van der Waals surface area contributed by atoms with Crippen LogP contribution in [0, 0.1) is 6.92 Å². The summed E-state index contributed by atoms with van der Waals surface area (Å²) in [5, 5.41) is 15.1. The molecule has 0 aliphatic carbocycles. The molecule has 0 saturated heterocycles. The summed E-state index contributed by atoms with van der Waals surface area (Å²) < 4.78 is 5.22. The van der Waals surface area contributed by atoms with Crippen LogP contribution in [0.2, 0.25) is 0 Å². The van der Waals surface area contributed by atoms with Crippen molar-refractivity contribution in [3.8, 4) is 11.4 Å². The summed E-state index contributed by atoms with van der Waals surface area (Å²) in [4.78, 5) is 4.37. The van der Waals surface area contributed by atoms with Crippen LogP contribution in [-0.2, 0) is 12.8 Å². The molecule has 0 aliphatic heterocycles. The Hall–Kier alpha value is -1.95. The van der Waals surface area contributed by atoms with Gasteiger partial charge in [-0.2, -0.15) is 21.4 Å². The van der Waals surface area contributed by atoms with Crippen LogP contribution in [0.25, 0.3) is 11.4 Å². The molecule has 0 spiro atoms. The lowest BCUT2D eigenvalue weighted by atomic mass is 10.2. The van der Waals surface area contributed by atoms with Crippen LogP contribution < -0.4 is 0 Å². The smallest absolute Gasteiger partial charge is 0.227 e. The van der Waals surface area contributed by atoms with E-state index >= 15 is 0 Å². The third-order valence-corrected chi connectivity index (χ3v) is 3.28. The SMILES string of the molecule is Cc1cc(CCc2nc(-c3ccsc3)no2)n[nH]1.